The van der Waals surface area contributed by atoms with E-state index >= 15 is 0 Å². The number of para-hydroxylation sites is 1. The van der Waals surface area contributed by atoms with Crippen LogP contribution in [0.25, 0.3) is 10.9 Å². The fraction of sp³-hybridized carbons (Fsp3) is 0.125. The Kier molecular flexibility index (Phi) is 3.74. The summed E-state index contributed by atoms with van der Waals surface area (Å²) in [5.74, 6) is 0. The zero-order valence-electron chi connectivity index (χ0n) is 10.9. The van der Waals surface area contributed by atoms with Gasteiger partial charge in [0.25, 0.3) is 0 Å². The number of aromatic amines is 1. The molecule has 2 aromatic carbocycles. The van der Waals surface area contributed by atoms with Crippen molar-refractivity contribution in [3.63, 3.8) is 0 Å². The Bertz CT molecular complexity index is 718. The van der Waals surface area contributed by atoms with Gasteiger partial charge in [0.2, 0.25) is 0 Å². The minimum absolute atomic E-state index is 0.547. The molecular formula is C16H14ClNOS. The van der Waals surface area contributed by atoms with E-state index in [1.165, 1.54) is 5.39 Å². The number of hydrogen-bond donors (Lipinski definition) is 2. The molecular weight excluding hydrogens is 290 g/mol. The smallest absolute Gasteiger partial charge is 0.0780 e. The van der Waals surface area contributed by atoms with Crippen LogP contribution < -0.4 is 0 Å². The third-order valence-electron chi connectivity index (χ3n) is 3.16. The van der Waals surface area contributed by atoms with E-state index in [0.717, 1.165) is 21.0 Å². The predicted molar refractivity (Wildman–Crippen MR) is 84.5 cm³/mol. The van der Waals surface area contributed by atoms with Crippen LogP contribution in [0.15, 0.2) is 58.5 Å². The molecule has 0 fully saturated rings. The second-order valence-corrected chi connectivity index (χ2v) is 6.20. The molecule has 1 unspecified atom stereocenters. The van der Waals surface area contributed by atoms with Crippen molar-refractivity contribution in [3.05, 3.63) is 59.1 Å². The van der Waals surface area contributed by atoms with E-state index in [2.05, 4.69) is 23.2 Å². The van der Waals surface area contributed by atoms with Crippen molar-refractivity contribution in [2.24, 2.45) is 0 Å². The maximum atomic E-state index is 9.58. The molecule has 0 aliphatic rings. The van der Waals surface area contributed by atoms with Gasteiger partial charge in [-0.05, 0) is 36.8 Å². The van der Waals surface area contributed by atoms with E-state index in [1.54, 1.807) is 18.7 Å². The molecule has 3 rings (SSSR count). The van der Waals surface area contributed by atoms with E-state index in [0.29, 0.717) is 5.02 Å². The van der Waals surface area contributed by atoms with E-state index in [1.807, 2.05) is 30.3 Å². The van der Waals surface area contributed by atoms with Crippen LogP contribution in [-0.2, 0) is 0 Å². The van der Waals surface area contributed by atoms with Crippen LogP contribution in [-0.4, -0.2) is 10.1 Å². The van der Waals surface area contributed by atoms with Crippen molar-refractivity contribution in [2.45, 2.75) is 22.9 Å². The number of rotatable bonds is 3. The van der Waals surface area contributed by atoms with Gasteiger partial charge in [-0.25, -0.2) is 0 Å². The Morgan fingerprint density at radius 1 is 1.15 bits per heavy atom. The Balaban J connectivity index is 1.89. The molecule has 0 amide bonds. The normalized spacial score (nSPS) is 12.8. The van der Waals surface area contributed by atoms with Gasteiger partial charge in [-0.15, -0.1) is 0 Å². The SMILES string of the molecule is CC(O)c1ccc(Sc2cc3ccccc3[nH]2)cc1Cl. The molecule has 2 nitrogen and oxygen atoms in total. The minimum Gasteiger partial charge on any atom is -0.389 e. The summed E-state index contributed by atoms with van der Waals surface area (Å²) in [7, 11) is 0. The summed E-state index contributed by atoms with van der Waals surface area (Å²) < 4.78 is 0. The standard InChI is InChI=1S/C16H14ClNOS/c1-10(19)13-7-6-12(9-14(13)17)20-16-8-11-4-2-3-5-15(11)18-16/h2-10,18-19H,1H3. The topological polar surface area (TPSA) is 36.0 Å². The van der Waals surface area contributed by atoms with Crippen LogP contribution in [0.2, 0.25) is 5.02 Å². The second-order valence-electron chi connectivity index (χ2n) is 4.68. The maximum Gasteiger partial charge on any atom is 0.0780 e. The van der Waals surface area contributed by atoms with Gasteiger partial charge < -0.3 is 10.1 Å². The van der Waals surface area contributed by atoms with Crippen molar-refractivity contribution in [1.29, 1.82) is 0 Å². The summed E-state index contributed by atoms with van der Waals surface area (Å²) in [5, 5.41) is 12.5. The second kappa shape index (κ2) is 5.52. The van der Waals surface area contributed by atoms with E-state index in [-0.39, 0.29) is 0 Å². The Labute approximate surface area is 126 Å². The highest BCUT2D eigenvalue weighted by molar-refractivity contribution is 7.99. The lowest BCUT2D eigenvalue weighted by atomic mass is 10.1. The first-order valence-electron chi connectivity index (χ1n) is 6.36. The summed E-state index contributed by atoms with van der Waals surface area (Å²) >= 11 is 7.81. The zero-order valence-corrected chi connectivity index (χ0v) is 12.5. The van der Waals surface area contributed by atoms with Crippen molar-refractivity contribution in [3.8, 4) is 0 Å². The molecule has 0 spiro atoms. The number of H-pyrrole nitrogens is 1. The lowest BCUT2D eigenvalue weighted by Crippen LogP contribution is -1.91. The quantitative estimate of drug-likeness (QED) is 0.712. The zero-order chi connectivity index (χ0) is 14.1. The molecule has 0 radical (unpaired) electrons. The van der Waals surface area contributed by atoms with Crippen LogP contribution in [0.1, 0.15) is 18.6 Å². The average Bonchev–Trinajstić information content (AvgIpc) is 2.80. The number of aliphatic hydroxyl groups excluding tert-OH is 1. The van der Waals surface area contributed by atoms with Gasteiger partial charge in [0.15, 0.2) is 0 Å². The molecule has 0 aliphatic carbocycles. The average molecular weight is 304 g/mol. The first kappa shape index (κ1) is 13.6. The lowest BCUT2D eigenvalue weighted by Gasteiger charge is -2.08. The Morgan fingerprint density at radius 2 is 1.95 bits per heavy atom. The third-order valence-corrected chi connectivity index (χ3v) is 4.41. The summed E-state index contributed by atoms with van der Waals surface area (Å²) in [5.41, 5.74) is 1.88. The fourth-order valence-electron chi connectivity index (χ4n) is 2.14. The summed E-state index contributed by atoms with van der Waals surface area (Å²) in [6.07, 6.45) is -0.547. The number of fused-ring (bicyclic) bond motifs is 1. The van der Waals surface area contributed by atoms with Gasteiger partial charge in [0, 0.05) is 20.8 Å². The van der Waals surface area contributed by atoms with Gasteiger partial charge in [-0.3, -0.25) is 0 Å². The highest BCUT2D eigenvalue weighted by atomic mass is 35.5. The van der Waals surface area contributed by atoms with E-state index in [9.17, 15) is 5.11 Å². The van der Waals surface area contributed by atoms with E-state index < -0.39 is 6.10 Å². The number of aromatic nitrogens is 1. The highest BCUT2D eigenvalue weighted by Crippen LogP contribution is 2.33. The number of hydrogen-bond acceptors (Lipinski definition) is 2. The third kappa shape index (κ3) is 2.70. The maximum absolute atomic E-state index is 9.58. The van der Waals surface area contributed by atoms with Crippen LogP contribution in [0.3, 0.4) is 0 Å². The van der Waals surface area contributed by atoms with Crippen LogP contribution in [0.4, 0.5) is 0 Å². The lowest BCUT2D eigenvalue weighted by molar-refractivity contribution is 0.199. The summed E-state index contributed by atoms with van der Waals surface area (Å²) in [4.78, 5) is 4.42. The summed E-state index contributed by atoms with van der Waals surface area (Å²) in [6.45, 7) is 1.71. The molecule has 0 saturated heterocycles. The molecule has 1 atom stereocenters. The number of benzene rings is 2. The molecule has 2 N–H and O–H groups in total. The molecule has 3 aromatic rings. The molecule has 4 heteroatoms. The monoisotopic (exact) mass is 303 g/mol. The van der Waals surface area contributed by atoms with Gasteiger partial charge >= 0.3 is 0 Å². The molecule has 1 aromatic heterocycles. The van der Waals surface area contributed by atoms with Crippen molar-refractivity contribution in [2.75, 3.05) is 0 Å². The van der Waals surface area contributed by atoms with Crippen LogP contribution in [0, 0.1) is 0 Å². The molecule has 0 bridgehead atoms. The molecule has 20 heavy (non-hydrogen) atoms. The van der Waals surface area contributed by atoms with Gasteiger partial charge in [-0.1, -0.05) is 47.6 Å². The van der Waals surface area contributed by atoms with Gasteiger partial charge in [0.1, 0.15) is 0 Å². The minimum atomic E-state index is -0.547. The Hall–Kier alpha value is -1.42. The number of aliphatic hydroxyl groups is 1. The van der Waals surface area contributed by atoms with Crippen molar-refractivity contribution >= 4 is 34.3 Å². The predicted octanol–water partition coefficient (Wildman–Crippen LogP) is 5.03. The molecule has 0 aliphatic heterocycles. The van der Waals surface area contributed by atoms with Gasteiger partial charge in [-0.2, -0.15) is 0 Å². The van der Waals surface area contributed by atoms with Crippen molar-refractivity contribution < 1.29 is 5.11 Å². The van der Waals surface area contributed by atoms with Crippen LogP contribution >= 0.6 is 23.4 Å². The van der Waals surface area contributed by atoms with E-state index in [4.69, 9.17) is 11.6 Å². The van der Waals surface area contributed by atoms with Crippen LogP contribution in [0.5, 0.6) is 0 Å². The number of halogens is 1. The largest absolute Gasteiger partial charge is 0.389 e. The molecule has 1 heterocycles. The van der Waals surface area contributed by atoms with Crippen molar-refractivity contribution in [1.82, 2.24) is 4.98 Å². The summed E-state index contributed by atoms with van der Waals surface area (Å²) in [6, 6.07) is 16.0. The first-order chi connectivity index (χ1) is 9.63. The highest BCUT2D eigenvalue weighted by Gasteiger charge is 2.08. The molecule has 0 saturated carbocycles. The van der Waals surface area contributed by atoms with Gasteiger partial charge in [0.05, 0.1) is 11.1 Å². The number of nitrogens with one attached hydrogen (secondary N) is 1. The Morgan fingerprint density at radius 3 is 2.65 bits per heavy atom. The molecule has 102 valence electrons. The first-order valence-corrected chi connectivity index (χ1v) is 7.56. The fourth-order valence-corrected chi connectivity index (χ4v) is 3.46.